The van der Waals surface area contributed by atoms with Gasteiger partial charge in [-0.15, -0.1) is 0 Å². The Morgan fingerprint density at radius 1 is 1.29 bits per heavy atom. The van der Waals surface area contributed by atoms with Crippen molar-refractivity contribution >= 4 is 18.4 Å². The van der Waals surface area contributed by atoms with Gasteiger partial charge in [0.15, 0.2) is 5.82 Å². The molecule has 0 aliphatic carbocycles. The number of hydrogen-bond acceptors (Lipinski definition) is 4. The first kappa shape index (κ1) is 16.1. The minimum atomic E-state index is -0.351. The number of aromatic amines is 1. The number of benzene rings is 2. The lowest BCUT2D eigenvalue weighted by Crippen LogP contribution is -1.97. The lowest BCUT2D eigenvalue weighted by molar-refractivity contribution is 0.340. The van der Waals surface area contributed by atoms with Gasteiger partial charge in [0.1, 0.15) is 11.6 Å². The maximum Gasteiger partial charge on any atom is 0.216 e. The molecular weight excluding hydrogens is 327 g/mol. The molecule has 3 aromatic rings. The Kier molecular flexibility index (Phi) is 4.81. The highest BCUT2D eigenvalue weighted by Crippen LogP contribution is 2.22. The molecule has 122 valence electrons. The molecular formula is C17H15FN4OS. The van der Waals surface area contributed by atoms with Crippen molar-refractivity contribution in [3.05, 3.63) is 64.7 Å². The second-order valence-corrected chi connectivity index (χ2v) is 5.28. The molecule has 0 radical (unpaired) electrons. The van der Waals surface area contributed by atoms with Crippen LogP contribution in [0.25, 0.3) is 11.4 Å². The van der Waals surface area contributed by atoms with E-state index in [0.29, 0.717) is 22.8 Å². The molecule has 0 aliphatic heterocycles. The molecule has 0 saturated carbocycles. The van der Waals surface area contributed by atoms with Gasteiger partial charge in [-0.25, -0.2) is 9.49 Å². The number of rotatable bonds is 5. The number of nitrogens with one attached hydrogen (secondary N) is 1. The summed E-state index contributed by atoms with van der Waals surface area (Å²) in [5, 5.41) is 11.2. The third-order valence-electron chi connectivity index (χ3n) is 3.27. The molecule has 0 unspecified atom stereocenters. The summed E-state index contributed by atoms with van der Waals surface area (Å²) in [4.78, 5) is 0. The Bertz CT molecular complexity index is 932. The molecule has 0 saturated heterocycles. The summed E-state index contributed by atoms with van der Waals surface area (Å²) in [6.45, 7) is 2.49. The van der Waals surface area contributed by atoms with Crippen molar-refractivity contribution in [2.45, 2.75) is 6.92 Å². The van der Waals surface area contributed by atoms with E-state index < -0.39 is 0 Å². The highest BCUT2D eigenvalue weighted by atomic mass is 32.1. The van der Waals surface area contributed by atoms with Crippen LogP contribution in [0.1, 0.15) is 12.5 Å². The number of halogens is 1. The average molecular weight is 342 g/mol. The topological polar surface area (TPSA) is 55.2 Å². The SMILES string of the molecule is CCOc1cccc(-c2n[nH]c(=S)n2N=Cc2ccccc2F)c1. The van der Waals surface area contributed by atoms with E-state index in [-0.39, 0.29) is 5.82 Å². The lowest BCUT2D eigenvalue weighted by Gasteiger charge is -2.05. The van der Waals surface area contributed by atoms with Gasteiger partial charge >= 0.3 is 0 Å². The summed E-state index contributed by atoms with van der Waals surface area (Å²) >= 11 is 5.21. The Morgan fingerprint density at radius 2 is 2.12 bits per heavy atom. The van der Waals surface area contributed by atoms with Crippen molar-refractivity contribution in [2.75, 3.05) is 6.61 Å². The largest absolute Gasteiger partial charge is 0.494 e. The van der Waals surface area contributed by atoms with Gasteiger partial charge in [0.05, 0.1) is 12.8 Å². The molecule has 7 heteroatoms. The summed E-state index contributed by atoms with van der Waals surface area (Å²) in [6, 6.07) is 13.8. The summed E-state index contributed by atoms with van der Waals surface area (Å²) in [7, 11) is 0. The van der Waals surface area contributed by atoms with E-state index in [4.69, 9.17) is 17.0 Å². The zero-order chi connectivity index (χ0) is 16.9. The minimum Gasteiger partial charge on any atom is -0.494 e. The van der Waals surface area contributed by atoms with Gasteiger partial charge < -0.3 is 4.74 Å². The highest BCUT2D eigenvalue weighted by Gasteiger charge is 2.09. The summed E-state index contributed by atoms with van der Waals surface area (Å²) < 4.78 is 21.0. The van der Waals surface area contributed by atoms with E-state index in [0.717, 1.165) is 11.3 Å². The monoisotopic (exact) mass is 342 g/mol. The summed E-state index contributed by atoms with van der Waals surface area (Å²) in [6.07, 6.45) is 1.41. The molecule has 1 N–H and O–H groups in total. The van der Waals surface area contributed by atoms with E-state index in [9.17, 15) is 4.39 Å². The van der Waals surface area contributed by atoms with Crippen molar-refractivity contribution in [3.63, 3.8) is 0 Å². The maximum absolute atomic E-state index is 13.7. The van der Waals surface area contributed by atoms with Crippen LogP contribution >= 0.6 is 12.2 Å². The Balaban J connectivity index is 1.99. The maximum atomic E-state index is 13.7. The van der Waals surface area contributed by atoms with Crippen molar-refractivity contribution in [1.82, 2.24) is 14.9 Å². The Labute approximate surface area is 143 Å². The van der Waals surface area contributed by atoms with Crippen LogP contribution in [0.3, 0.4) is 0 Å². The molecule has 24 heavy (non-hydrogen) atoms. The van der Waals surface area contributed by atoms with E-state index >= 15 is 0 Å². The zero-order valence-corrected chi connectivity index (χ0v) is 13.8. The fraction of sp³-hybridized carbons (Fsp3) is 0.118. The molecule has 0 spiro atoms. The van der Waals surface area contributed by atoms with Gasteiger partial charge in [0.25, 0.3) is 0 Å². The fourth-order valence-electron chi connectivity index (χ4n) is 2.18. The van der Waals surface area contributed by atoms with E-state index in [2.05, 4.69) is 15.3 Å². The Hall–Kier alpha value is -2.80. The highest BCUT2D eigenvalue weighted by molar-refractivity contribution is 7.71. The third-order valence-corrected chi connectivity index (χ3v) is 3.54. The van der Waals surface area contributed by atoms with Crippen molar-refractivity contribution in [3.8, 4) is 17.1 Å². The minimum absolute atomic E-state index is 0.319. The van der Waals surface area contributed by atoms with E-state index in [1.165, 1.54) is 17.0 Å². The summed E-state index contributed by atoms with van der Waals surface area (Å²) in [5.41, 5.74) is 1.16. The van der Waals surface area contributed by atoms with Crippen molar-refractivity contribution in [2.24, 2.45) is 5.10 Å². The zero-order valence-electron chi connectivity index (χ0n) is 12.9. The number of hydrogen-bond donors (Lipinski definition) is 1. The smallest absolute Gasteiger partial charge is 0.216 e. The first-order chi connectivity index (χ1) is 11.7. The predicted molar refractivity (Wildman–Crippen MR) is 93.4 cm³/mol. The fourth-order valence-corrected chi connectivity index (χ4v) is 2.36. The van der Waals surface area contributed by atoms with Gasteiger partial charge in [-0.2, -0.15) is 14.9 Å². The average Bonchev–Trinajstić information content (AvgIpc) is 2.96. The number of H-pyrrole nitrogens is 1. The van der Waals surface area contributed by atoms with Gasteiger partial charge in [-0.05, 0) is 37.3 Å². The molecule has 5 nitrogen and oxygen atoms in total. The van der Waals surface area contributed by atoms with Crippen LogP contribution < -0.4 is 4.74 Å². The van der Waals surface area contributed by atoms with Gasteiger partial charge in [-0.1, -0.05) is 30.3 Å². The summed E-state index contributed by atoms with van der Waals surface area (Å²) in [5.74, 6) is 0.902. The molecule has 2 aromatic carbocycles. The van der Waals surface area contributed by atoms with E-state index in [1.807, 2.05) is 31.2 Å². The molecule has 0 atom stereocenters. The number of aromatic nitrogens is 3. The van der Waals surface area contributed by atoms with Crippen LogP contribution in [0.15, 0.2) is 53.6 Å². The van der Waals surface area contributed by atoms with Gasteiger partial charge in [0.2, 0.25) is 4.77 Å². The van der Waals surface area contributed by atoms with Crippen LogP contribution in [0.2, 0.25) is 0 Å². The van der Waals surface area contributed by atoms with Crippen molar-refractivity contribution in [1.29, 1.82) is 0 Å². The van der Waals surface area contributed by atoms with Crippen molar-refractivity contribution < 1.29 is 9.13 Å². The standard InChI is InChI=1S/C17H15FN4OS/c1-2-23-14-8-5-7-12(10-14)16-20-21-17(24)22(16)19-11-13-6-3-4-9-15(13)18/h3-11H,2H2,1H3,(H,21,24). The van der Waals surface area contributed by atoms with Gasteiger partial charge in [-0.3, -0.25) is 0 Å². The predicted octanol–water partition coefficient (Wildman–Crippen LogP) is 4.03. The molecule has 0 amide bonds. The Morgan fingerprint density at radius 3 is 2.92 bits per heavy atom. The van der Waals surface area contributed by atoms with Gasteiger partial charge in [0, 0.05) is 11.1 Å². The van der Waals surface area contributed by atoms with Crippen LogP contribution in [-0.4, -0.2) is 27.7 Å². The van der Waals surface area contributed by atoms with Crippen LogP contribution in [0, 0.1) is 10.6 Å². The first-order valence-corrected chi connectivity index (χ1v) is 7.79. The van der Waals surface area contributed by atoms with Crippen LogP contribution in [0.5, 0.6) is 5.75 Å². The lowest BCUT2D eigenvalue weighted by atomic mass is 10.2. The molecule has 1 aromatic heterocycles. The molecule has 0 fully saturated rings. The van der Waals surface area contributed by atoms with E-state index in [1.54, 1.807) is 18.2 Å². The normalized spacial score (nSPS) is 11.1. The second kappa shape index (κ2) is 7.18. The second-order valence-electron chi connectivity index (χ2n) is 4.89. The number of ether oxygens (including phenoxy) is 1. The molecule has 0 bridgehead atoms. The number of nitrogens with zero attached hydrogens (tertiary/aromatic N) is 3. The quantitative estimate of drug-likeness (QED) is 0.563. The van der Waals surface area contributed by atoms with Crippen LogP contribution in [-0.2, 0) is 0 Å². The van der Waals surface area contributed by atoms with Crippen LogP contribution in [0.4, 0.5) is 4.39 Å². The first-order valence-electron chi connectivity index (χ1n) is 7.38. The molecule has 1 heterocycles. The molecule has 0 aliphatic rings. The molecule has 3 rings (SSSR count). The third kappa shape index (κ3) is 3.41.